The number of aromatic nitrogens is 1. The molecule has 2 fully saturated rings. The van der Waals surface area contributed by atoms with Gasteiger partial charge in [-0.25, -0.2) is 9.78 Å². The smallest absolute Gasteiger partial charge is 0.321 e. The summed E-state index contributed by atoms with van der Waals surface area (Å²) in [5.41, 5.74) is 0. The topological polar surface area (TPSA) is 91.3 Å². The van der Waals surface area contributed by atoms with Crippen molar-refractivity contribution >= 4 is 28.5 Å². The lowest BCUT2D eigenvalue weighted by Gasteiger charge is -2.28. The number of fused-ring (bicyclic) bond motifs is 2. The highest BCUT2D eigenvalue weighted by Crippen LogP contribution is 2.48. The number of carbonyl (C=O) groups excluding carboxylic acids is 1. The maximum atomic E-state index is 12.0. The van der Waals surface area contributed by atoms with E-state index in [1.54, 1.807) is 6.20 Å². The number of amides is 2. The zero-order chi connectivity index (χ0) is 14.3. The van der Waals surface area contributed by atoms with E-state index in [-0.39, 0.29) is 18.0 Å². The number of carboxylic acids is 1. The van der Waals surface area contributed by atoms with Gasteiger partial charge < -0.3 is 10.4 Å². The van der Waals surface area contributed by atoms with E-state index in [0.29, 0.717) is 11.0 Å². The van der Waals surface area contributed by atoms with Gasteiger partial charge in [0.2, 0.25) is 0 Å². The lowest BCUT2D eigenvalue weighted by Crippen LogP contribution is -2.48. The van der Waals surface area contributed by atoms with Crippen LogP contribution in [0.5, 0.6) is 0 Å². The van der Waals surface area contributed by atoms with E-state index in [1.807, 2.05) is 6.92 Å². The molecule has 6 nitrogen and oxygen atoms in total. The molecule has 0 aromatic carbocycles. The number of hydrogen-bond donors (Lipinski definition) is 3. The van der Waals surface area contributed by atoms with Crippen LogP contribution >= 0.6 is 11.3 Å². The van der Waals surface area contributed by atoms with E-state index in [2.05, 4.69) is 15.6 Å². The molecule has 2 aliphatic rings. The van der Waals surface area contributed by atoms with E-state index < -0.39 is 11.9 Å². The minimum absolute atomic E-state index is 0.213. The Kier molecular flexibility index (Phi) is 3.37. The molecule has 2 amide bonds. The molecule has 1 aromatic rings. The number of thiazole rings is 1. The van der Waals surface area contributed by atoms with Gasteiger partial charge in [0.15, 0.2) is 5.13 Å². The third-order valence-electron chi connectivity index (χ3n) is 4.34. The summed E-state index contributed by atoms with van der Waals surface area (Å²) in [6.45, 7) is 1.91. The predicted molar refractivity (Wildman–Crippen MR) is 74.8 cm³/mol. The monoisotopic (exact) mass is 295 g/mol. The Bertz CT molecular complexity index is 545. The van der Waals surface area contributed by atoms with Crippen LogP contribution in [0.1, 0.15) is 24.1 Å². The quantitative estimate of drug-likeness (QED) is 0.796. The lowest BCUT2D eigenvalue weighted by molar-refractivity contribution is -0.144. The molecule has 3 N–H and O–H groups in total. The van der Waals surface area contributed by atoms with E-state index in [0.717, 1.165) is 24.1 Å². The summed E-state index contributed by atoms with van der Waals surface area (Å²) in [4.78, 5) is 28.4. The van der Waals surface area contributed by atoms with E-state index in [1.165, 1.54) is 11.3 Å². The fourth-order valence-electron chi connectivity index (χ4n) is 3.55. The van der Waals surface area contributed by atoms with Crippen molar-refractivity contribution in [1.29, 1.82) is 0 Å². The number of urea groups is 1. The number of anilines is 1. The number of rotatable bonds is 3. The first-order chi connectivity index (χ1) is 9.54. The van der Waals surface area contributed by atoms with Gasteiger partial charge in [0, 0.05) is 17.1 Å². The molecule has 2 saturated carbocycles. The Labute approximate surface area is 120 Å². The molecule has 4 atom stereocenters. The lowest BCUT2D eigenvalue weighted by atomic mass is 9.84. The van der Waals surface area contributed by atoms with Crippen LogP contribution in [0.15, 0.2) is 6.20 Å². The number of hydrogen-bond acceptors (Lipinski definition) is 4. The predicted octanol–water partition coefficient (Wildman–Crippen LogP) is 2.07. The Balaban J connectivity index is 1.64. The standard InChI is InChI=1S/C13H17N3O3S/c1-6-5-14-13(20-6)16-12(19)15-10-8-3-2-7(4-8)9(10)11(17)18/h5,7-10H,2-4H2,1H3,(H,17,18)(H2,14,15,16,19). The molecule has 108 valence electrons. The zero-order valence-electron chi connectivity index (χ0n) is 11.1. The maximum Gasteiger partial charge on any atom is 0.321 e. The molecule has 0 aliphatic heterocycles. The fraction of sp³-hybridized carbons (Fsp3) is 0.615. The maximum absolute atomic E-state index is 12.0. The summed E-state index contributed by atoms with van der Waals surface area (Å²) in [6, 6.07) is -0.615. The van der Waals surface area contributed by atoms with Gasteiger partial charge in [-0.05, 0) is 38.0 Å². The van der Waals surface area contributed by atoms with Crippen molar-refractivity contribution in [3.63, 3.8) is 0 Å². The van der Waals surface area contributed by atoms with E-state index in [4.69, 9.17) is 0 Å². The molecule has 3 rings (SSSR count). The third kappa shape index (κ3) is 2.37. The Morgan fingerprint density at radius 2 is 2.15 bits per heavy atom. The first-order valence-electron chi connectivity index (χ1n) is 6.77. The molecule has 20 heavy (non-hydrogen) atoms. The summed E-state index contributed by atoms with van der Waals surface area (Å²) in [7, 11) is 0. The highest BCUT2D eigenvalue weighted by Gasteiger charge is 2.51. The average molecular weight is 295 g/mol. The molecular weight excluding hydrogens is 278 g/mol. The second-order valence-corrected chi connectivity index (χ2v) is 6.83. The van der Waals surface area contributed by atoms with Gasteiger partial charge in [0.05, 0.1) is 5.92 Å². The first-order valence-corrected chi connectivity index (χ1v) is 7.59. The molecule has 2 bridgehead atoms. The third-order valence-corrected chi connectivity index (χ3v) is 5.17. The highest BCUT2D eigenvalue weighted by atomic mass is 32.1. The molecular formula is C13H17N3O3S. The van der Waals surface area contributed by atoms with Crippen molar-refractivity contribution < 1.29 is 14.7 Å². The summed E-state index contributed by atoms with van der Waals surface area (Å²) < 4.78 is 0. The van der Waals surface area contributed by atoms with Crippen LogP contribution in [-0.4, -0.2) is 28.1 Å². The van der Waals surface area contributed by atoms with Crippen molar-refractivity contribution in [3.05, 3.63) is 11.1 Å². The Hall–Kier alpha value is -1.63. The first kappa shape index (κ1) is 13.4. The minimum Gasteiger partial charge on any atom is -0.481 e. The van der Waals surface area contributed by atoms with Gasteiger partial charge in [-0.15, -0.1) is 11.3 Å². The molecule has 1 aromatic heterocycles. The van der Waals surface area contributed by atoms with Crippen molar-refractivity contribution in [1.82, 2.24) is 10.3 Å². The molecule has 0 spiro atoms. The van der Waals surface area contributed by atoms with E-state index in [9.17, 15) is 14.7 Å². The van der Waals surface area contributed by atoms with Gasteiger partial charge in [-0.2, -0.15) is 0 Å². The van der Waals surface area contributed by atoms with Crippen LogP contribution in [-0.2, 0) is 4.79 Å². The number of aryl methyl sites for hydroxylation is 1. The van der Waals surface area contributed by atoms with Gasteiger partial charge in [-0.3, -0.25) is 10.1 Å². The molecule has 1 heterocycles. The van der Waals surface area contributed by atoms with Crippen molar-refractivity contribution in [2.45, 2.75) is 32.2 Å². The Morgan fingerprint density at radius 1 is 1.40 bits per heavy atom. The van der Waals surface area contributed by atoms with Crippen molar-refractivity contribution in [3.8, 4) is 0 Å². The molecule has 4 unspecified atom stereocenters. The second-order valence-electron chi connectivity index (χ2n) is 5.60. The van der Waals surface area contributed by atoms with Gasteiger partial charge in [0.1, 0.15) is 0 Å². The number of aliphatic carboxylic acids is 1. The fourth-order valence-corrected chi connectivity index (χ4v) is 4.21. The van der Waals surface area contributed by atoms with Crippen LogP contribution in [0.4, 0.5) is 9.93 Å². The second kappa shape index (κ2) is 5.05. The van der Waals surface area contributed by atoms with Gasteiger partial charge >= 0.3 is 12.0 Å². The SMILES string of the molecule is Cc1cnc(NC(=O)NC2C3CCC(C3)C2C(=O)O)s1. The van der Waals surface area contributed by atoms with Crippen molar-refractivity contribution in [2.24, 2.45) is 17.8 Å². The average Bonchev–Trinajstić information content (AvgIpc) is 3.04. The molecule has 7 heteroatoms. The summed E-state index contributed by atoms with van der Waals surface area (Å²) in [5, 5.41) is 15.4. The molecule has 0 saturated heterocycles. The summed E-state index contributed by atoms with van der Waals surface area (Å²) in [5.74, 6) is -0.736. The number of carbonyl (C=O) groups is 2. The Morgan fingerprint density at radius 3 is 2.80 bits per heavy atom. The minimum atomic E-state index is -0.799. The van der Waals surface area contributed by atoms with Crippen LogP contribution in [0, 0.1) is 24.7 Å². The number of carboxylic acid groups (broad SMARTS) is 1. The van der Waals surface area contributed by atoms with E-state index >= 15 is 0 Å². The largest absolute Gasteiger partial charge is 0.481 e. The number of nitrogens with one attached hydrogen (secondary N) is 2. The number of nitrogens with zero attached hydrogens (tertiary/aromatic N) is 1. The van der Waals surface area contributed by atoms with Crippen LogP contribution in [0.3, 0.4) is 0 Å². The summed E-state index contributed by atoms with van der Waals surface area (Å²) in [6.07, 6.45) is 4.58. The molecule has 2 aliphatic carbocycles. The normalized spacial score (nSPS) is 31.2. The van der Waals surface area contributed by atoms with Gasteiger partial charge in [-0.1, -0.05) is 0 Å². The summed E-state index contributed by atoms with van der Waals surface area (Å²) >= 11 is 1.40. The highest BCUT2D eigenvalue weighted by molar-refractivity contribution is 7.15. The van der Waals surface area contributed by atoms with Crippen LogP contribution < -0.4 is 10.6 Å². The zero-order valence-corrected chi connectivity index (χ0v) is 11.9. The van der Waals surface area contributed by atoms with Gasteiger partial charge in [0.25, 0.3) is 0 Å². The molecule has 0 radical (unpaired) electrons. The van der Waals surface area contributed by atoms with Crippen LogP contribution in [0.25, 0.3) is 0 Å². The van der Waals surface area contributed by atoms with Crippen LogP contribution in [0.2, 0.25) is 0 Å². The van der Waals surface area contributed by atoms with Crippen molar-refractivity contribution in [2.75, 3.05) is 5.32 Å².